The fraction of sp³-hybridized carbons (Fsp3) is 0.368. The molecule has 1 aromatic carbocycles. The molecule has 1 heterocycles. The molecule has 1 atom stereocenters. The molecule has 1 aromatic heterocycles. The molecule has 0 fully saturated rings. The van der Waals surface area contributed by atoms with Gasteiger partial charge in [0.1, 0.15) is 11.1 Å². The van der Waals surface area contributed by atoms with Crippen molar-refractivity contribution in [2.24, 2.45) is 5.92 Å². The molecule has 2 aromatic rings. The highest BCUT2D eigenvalue weighted by atomic mass is 32.1. The number of amides is 1. The summed E-state index contributed by atoms with van der Waals surface area (Å²) < 4.78 is 0. The number of aryl methyl sites for hydroxylation is 1. The zero-order valence-electron chi connectivity index (χ0n) is 13.5. The molecule has 0 spiro atoms. The van der Waals surface area contributed by atoms with Crippen LogP contribution in [0.1, 0.15) is 51.7 Å². The molecule has 0 saturated carbocycles. The molecule has 3 rings (SSSR count). The third kappa shape index (κ3) is 3.16. The van der Waals surface area contributed by atoms with Crippen LogP contribution in [0.4, 0.5) is 5.00 Å². The summed E-state index contributed by atoms with van der Waals surface area (Å²) in [6.45, 7) is 4.21. The van der Waals surface area contributed by atoms with Crippen molar-refractivity contribution in [3.63, 3.8) is 0 Å². The molecule has 4 heteroatoms. The molecule has 0 radical (unpaired) electrons. The zero-order valence-corrected chi connectivity index (χ0v) is 14.3. The number of hydrogen-bond acceptors (Lipinski definition) is 3. The van der Waals surface area contributed by atoms with E-state index < -0.39 is 0 Å². The number of carbonyl (C=O) groups excluding carboxylic acids is 1. The minimum Gasteiger partial charge on any atom is -0.312 e. The Labute approximate surface area is 141 Å². The van der Waals surface area contributed by atoms with Gasteiger partial charge in [0, 0.05) is 10.4 Å². The summed E-state index contributed by atoms with van der Waals surface area (Å²) in [5.74, 6) is 0.556. The fourth-order valence-corrected chi connectivity index (χ4v) is 4.40. The van der Waals surface area contributed by atoms with Crippen molar-refractivity contribution >= 4 is 22.2 Å². The van der Waals surface area contributed by atoms with E-state index in [-0.39, 0.29) is 5.91 Å². The van der Waals surface area contributed by atoms with Gasteiger partial charge in [-0.15, -0.1) is 11.3 Å². The van der Waals surface area contributed by atoms with Crippen LogP contribution in [0.15, 0.2) is 24.3 Å². The van der Waals surface area contributed by atoms with Gasteiger partial charge in [0.2, 0.25) is 0 Å². The highest BCUT2D eigenvalue weighted by molar-refractivity contribution is 7.16. The maximum atomic E-state index is 12.4. The second kappa shape index (κ2) is 6.55. The normalized spacial score (nSPS) is 16.5. The number of fused-ring (bicyclic) bond motifs is 1. The summed E-state index contributed by atoms with van der Waals surface area (Å²) in [7, 11) is 0. The van der Waals surface area contributed by atoms with Crippen molar-refractivity contribution in [1.29, 1.82) is 5.26 Å². The SMILES string of the molecule is CC[C@@H]1CCc2c(sc(NC(=O)c3ccc(C)cc3)c2C#N)C1. The number of nitrogens with zero attached hydrogens (tertiary/aromatic N) is 1. The molecule has 1 aliphatic carbocycles. The molecule has 0 saturated heterocycles. The Morgan fingerprint density at radius 3 is 2.78 bits per heavy atom. The van der Waals surface area contributed by atoms with E-state index in [0.29, 0.717) is 22.0 Å². The average Bonchev–Trinajstić information content (AvgIpc) is 2.91. The van der Waals surface area contributed by atoms with Gasteiger partial charge in [0.05, 0.1) is 5.56 Å². The molecule has 0 unspecified atom stereocenters. The van der Waals surface area contributed by atoms with Crippen molar-refractivity contribution in [1.82, 2.24) is 0 Å². The van der Waals surface area contributed by atoms with Crippen LogP contribution in [0, 0.1) is 24.2 Å². The lowest BCUT2D eigenvalue weighted by Crippen LogP contribution is -2.12. The van der Waals surface area contributed by atoms with E-state index in [9.17, 15) is 10.1 Å². The van der Waals surface area contributed by atoms with Gasteiger partial charge in [-0.2, -0.15) is 5.26 Å². The third-order valence-electron chi connectivity index (χ3n) is 4.60. The third-order valence-corrected chi connectivity index (χ3v) is 5.77. The van der Waals surface area contributed by atoms with E-state index in [1.807, 2.05) is 31.2 Å². The van der Waals surface area contributed by atoms with Crippen molar-refractivity contribution in [3.8, 4) is 6.07 Å². The summed E-state index contributed by atoms with van der Waals surface area (Å²) in [4.78, 5) is 13.7. The van der Waals surface area contributed by atoms with E-state index in [1.165, 1.54) is 11.3 Å². The van der Waals surface area contributed by atoms with Gasteiger partial charge in [-0.3, -0.25) is 4.79 Å². The largest absolute Gasteiger partial charge is 0.312 e. The number of benzene rings is 1. The monoisotopic (exact) mass is 324 g/mol. The van der Waals surface area contributed by atoms with E-state index in [2.05, 4.69) is 18.3 Å². The Balaban J connectivity index is 1.86. The highest BCUT2D eigenvalue weighted by Crippen LogP contribution is 2.40. The van der Waals surface area contributed by atoms with E-state index in [0.717, 1.165) is 30.4 Å². The minimum atomic E-state index is -0.146. The summed E-state index contributed by atoms with van der Waals surface area (Å²) in [5, 5.41) is 13.2. The van der Waals surface area contributed by atoms with Crippen molar-refractivity contribution < 1.29 is 4.79 Å². The Morgan fingerprint density at radius 2 is 2.13 bits per heavy atom. The van der Waals surface area contributed by atoms with Crippen molar-refractivity contribution in [3.05, 3.63) is 51.4 Å². The number of carbonyl (C=O) groups is 1. The zero-order chi connectivity index (χ0) is 16.4. The molecule has 23 heavy (non-hydrogen) atoms. The Hall–Kier alpha value is -2.12. The van der Waals surface area contributed by atoms with E-state index in [1.54, 1.807) is 11.3 Å². The number of nitriles is 1. The standard InChI is InChI=1S/C19H20N2OS/c1-3-13-6-9-15-16(11-20)19(23-17(15)10-13)21-18(22)14-7-4-12(2)5-8-14/h4-5,7-8,13H,3,6,9-10H2,1-2H3,(H,21,22)/t13-/m1/s1. The van der Waals surface area contributed by atoms with Gasteiger partial charge in [0.25, 0.3) is 5.91 Å². The average molecular weight is 324 g/mol. The van der Waals surface area contributed by atoms with Crippen LogP contribution in [0.2, 0.25) is 0 Å². The summed E-state index contributed by atoms with van der Waals surface area (Å²) in [6.07, 6.45) is 4.30. The molecular formula is C19H20N2OS. The smallest absolute Gasteiger partial charge is 0.256 e. The van der Waals surface area contributed by atoms with Gasteiger partial charge in [0.15, 0.2) is 0 Å². The summed E-state index contributed by atoms with van der Waals surface area (Å²) >= 11 is 1.58. The van der Waals surface area contributed by atoms with Gasteiger partial charge < -0.3 is 5.32 Å². The number of thiophene rings is 1. The summed E-state index contributed by atoms with van der Waals surface area (Å²) in [6, 6.07) is 9.78. The predicted octanol–water partition coefficient (Wildman–Crippen LogP) is 4.70. The molecule has 0 aliphatic heterocycles. The first-order valence-corrected chi connectivity index (χ1v) is 8.86. The molecule has 1 aliphatic rings. The van der Waals surface area contributed by atoms with Crippen LogP contribution in [-0.2, 0) is 12.8 Å². The molecule has 1 amide bonds. The van der Waals surface area contributed by atoms with Gasteiger partial charge in [-0.25, -0.2) is 0 Å². The maximum Gasteiger partial charge on any atom is 0.256 e. The van der Waals surface area contributed by atoms with Crippen LogP contribution in [0.5, 0.6) is 0 Å². The van der Waals surface area contributed by atoms with Crippen LogP contribution < -0.4 is 5.32 Å². The van der Waals surface area contributed by atoms with E-state index >= 15 is 0 Å². The van der Waals surface area contributed by atoms with Gasteiger partial charge in [-0.1, -0.05) is 31.0 Å². The van der Waals surface area contributed by atoms with Crippen LogP contribution in [-0.4, -0.2) is 5.91 Å². The number of hydrogen-bond donors (Lipinski definition) is 1. The van der Waals surface area contributed by atoms with Gasteiger partial charge >= 0.3 is 0 Å². The van der Waals surface area contributed by atoms with Crippen LogP contribution in [0.25, 0.3) is 0 Å². The molecule has 1 N–H and O–H groups in total. The Kier molecular flexibility index (Phi) is 4.49. The number of anilines is 1. The van der Waals surface area contributed by atoms with E-state index in [4.69, 9.17) is 0 Å². The topological polar surface area (TPSA) is 52.9 Å². The Bertz CT molecular complexity index is 768. The Morgan fingerprint density at radius 1 is 1.39 bits per heavy atom. The molecule has 118 valence electrons. The van der Waals surface area contributed by atoms with Gasteiger partial charge in [-0.05, 0) is 49.8 Å². The quantitative estimate of drug-likeness (QED) is 0.890. The highest BCUT2D eigenvalue weighted by Gasteiger charge is 2.25. The van der Waals surface area contributed by atoms with Crippen molar-refractivity contribution in [2.45, 2.75) is 39.5 Å². The number of nitrogens with one attached hydrogen (secondary N) is 1. The second-order valence-corrected chi connectivity index (χ2v) is 7.26. The first-order valence-electron chi connectivity index (χ1n) is 8.05. The first kappa shape index (κ1) is 15.8. The second-order valence-electron chi connectivity index (χ2n) is 6.16. The fourth-order valence-electron chi connectivity index (χ4n) is 3.09. The number of rotatable bonds is 3. The first-order chi connectivity index (χ1) is 11.1. The maximum absolute atomic E-state index is 12.4. The van der Waals surface area contributed by atoms with Crippen LogP contribution >= 0.6 is 11.3 Å². The molecule has 3 nitrogen and oxygen atoms in total. The predicted molar refractivity (Wildman–Crippen MR) is 94.0 cm³/mol. The molecule has 0 bridgehead atoms. The van der Waals surface area contributed by atoms with Crippen molar-refractivity contribution in [2.75, 3.05) is 5.32 Å². The lowest BCUT2D eigenvalue weighted by Gasteiger charge is -2.20. The minimum absolute atomic E-state index is 0.146. The lowest BCUT2D eigenvalue weighted by atomic mass is 9.86. The molecular weight excluding hydrogens is 304 g/mol. The van der Waals surface area contributed by atoms with Crippen LogP contribution in [0.3, 0.4) is 0 Å². The lowest BCUT2D eigenvalue weighted by molar-refractivity contribution is 0.102. The summed E-state index contributed by atoms with van der Waals surface area (Å²) in [5.41, 5.74) is 3.56.